The van der Waals surface area contributed by atoms with Gasteiger partial charge in [-0.05, 0) is 47.2 Å². The van der Waals surface area contributed by atoms with E-state index < -0.39 is 0 Å². The van der Waals surface area contributed by atoms with E-state index in [1.54, 1.807) is 7.11 Å². The van der Waals surface area contributed by atoms with Crippen LogP contribution in [0.25, 0.3) is 0 Å². The molecule has 0 bridgehead atoms. The van der Waals surface area contributed by atoms with E-state index in [0.717, 1.165) is 19.4 Å². The average Bonchev–Trinajstić information content (AvgIpc) is 2.10. The molecule has 0 aliphatic rings. The molecule has 86 valence electrons. The van der Waals surface area contributed by atoms with Gasteiger partial charge in [-0.3, -0.25) is 0 Å². The maximum absolute atomic E-state index is 5.66. The molecule has 2 atom stereocenters. The Morgan fingerprint density at radius 2 is 1.86 bits per heavy atom. The summed E-state index contributed by atoms with van der Waals surface area (Å²) in [5.41, 5.74) is 0. The van der Waals surface area contributed by atoms with Gasteiger partial charge in [0.05, 0.1) is 18.3 Å². The Hall–Kier alpha value is -0.120. The van der Waals surface area contributed by atoms with Gasteiger partial charge in [-0.15, -0.1) is 0 Å². The van der Waals surface area contributed by atoms with Crippen LogP contribution >= 0.6 is 0 Å². The monoisotopic (exact) mass is 203 g/mol. The Morgan fingerprint density at radius 3 is 2.29 bits per heavy atom. The molecule has 3 nitrogen and oxygen atoms in total. The van der Waals surface area contributed by atoms with Crippen LogP contribution in [-0.4, -0.2) is 39.0 Å². The molecule has 0 aromatic carbocycles. The highest BCUT2D eigenvalue weighted by Crippen LogP contribution is 2.10. The van der Waals surface area contributed by atoms with Crippen molar-refractivity contribution in [3.8, 4) is 0 Å². The molecule has 0 spiro atoms. The van der Waals surface area contributed by atoms with Crippen LogP contribution in [0.15, 0.2) is 0 Å². The summed E-state index contributed by atoms with van der Waals surface area (Å²) >= 11 is 0. The highest BCUT2D eigenvalue weighted by atomic mass is 16.5. The van der Waals surface area contributed by atoms with Crippen LogP contribution in [0.3, 0.4) is 0 Å². The molecule has 14 heavy (non-hydrogen) atoms. The lowest BCUT2D eigenvalue weighted by atomic mass is 10.1. The molecule has 1 N–H and O–H groups in total. The van der Waals surface area contributed by atoms with Crippen molar-refractivity contribution in [2.75, 3.05) is 20.7 Å². The molecule has 0 unspecified atom stereocenters. The van der Waals surface area contributed by atoms with Crippen LogP contribution in [0.5, 0.6) is 0 Å². The van der Waals surface area contributed by atoms with Gasteiger partial charge >= 0.3 is 0 Å². The van der Waals surface area contributed by atoms with Gasteiger partial charge in [-0.2, -0.15) is 0 Å². The van der Waals surface area contributed by atoms with Crippen molar-refractivity contribution < 1.29 is 9.47 Å². The highest BCUT2D eigenvalue weighted by molar-refractivity contribution is 4.64. The molecule has 0 radical (unpaired) electrons. The second kappa shape index (κ2) is 8.21. The van der Waals surface area contributed by atoms with Crippen molar-refractivity contribution in [1.29, 1.82) is 0 Å². The quantitative estimate of drug-likeness (QED) is 0.652. The molecule has 3 heteroatoms. The Kier molecular flexibility index (Phi) is 8.14. The third kappa shape index (κ3) is 7.30. The van der Waals surface area contributed by atoms with Crippen molar-refractivity contribution in [2.24, 2.45) is 0 Å². The molecule has 0 heterocycles. The molecule has 0 rings (SSSR count). The summed E-state index contributed by atoms with van der Waals surface area (Å²) in [6, 6.07) is 0. The first kappa shape index (κ1) is 13.9. The molecule has 0 aliphatic heterocycles. The summed E-state index contributed by atoms with van der Waals surface area (Å²) in [6.45, 7) is 7.22. The number of rotatable bonds is 8. The molecule has 0 aromatic rings. The first-order chi connectivity index (χ1) is 6.60. The summed E-state index contributed by atoms with van der Waals surface area (Å²) in [6.07, 6.45) is 2.88. The van der Waals surface area contributed by atoms with Crippen LogP contribution in [0, 0.1) is 0 Å². The van der Waals surface area contributed by atoms with Crippen LogP contribution in [0.2, 0.25) is 0 Å². The highest BCUT2D eigenvalue weighted by Gasteiger charge is 2.13. The largest absolute Gasteiger partial charge is 0.381 e. The minimum atomic E-state index is 0.275. The van der Waals surface area contributed by atoms with Gasteiger partial charge in [0, 0.05) is 7.11 Å². The van der Waals surface area contributed by atoms with E-state index in [-0.39, 0.29) is 6.10 Å². The third-order valence-electron chi connectivity index (χ3n) is 2.15. The lowest BCUT2D eigenvalue weighted by Crippen LogP contribution is -2.25. The van der Waals surface area contributed by atoms with Crippen molar-refractivity contribution in [3.63, 3.8) is 0 Å². The fourth-order valence-corrected chi connectivity index (χ4v) is 1.53. The minimum Gasteiger partial charge on any atom is -0.381 e. The number of hydrogen-bond acceptors (Lipinski definition) is 3. The molecular formula is C11H25NO2. The van der Waals surface area contributed by atoms with Crippen LogP contribution in [-0.2, 0) is 9.47 Å². The Bertz CT molecular complexity index is 128. The second-order valence-electron chi connectivity index (χ2n) is 3.98. The zero-order chi connectivity index (χ0) is 11.0. The topological polar surface area (TPSA) is 30.5 Å². The van der Waals surface area contributed by atoms with Gasteiger partial charge in [-0.25, -0.2) is 0 Å². The molecule has 0 fully saturated rings. The Labute approximate surface area is 88.2 Å². The molecular weight excluding hydrogens is 178 g/mol. The Morgan fingerprint density at radius 1 is 1.21 bits per heavy atom. The van der Waals surface area contributed by atoms with Crippen molar-refractivity contribution >= 4 is 0 Å². The summed E-state index contributed by atoms with van der Waals surface area (Å²) in [5, 5.41) is 3.13. The van der Waals surface area contributed by atoms with Gasteiger partial charge in [0.1, 0.15) is 0 Å². The zero-order valence-corrected chi connectivity index (χ0v) is 10.2. The van der Waals surface area contributed by atoms with Crippen LogP contribution in [0.1, 0.15) is 33.6 Å². The molecule has 0 amide bonds. The molecule has 0 saturated heterocycles. The van der Waals surface area contributed by atoms with E-state index >= 15 is 0 Å². The van der Waals surface area contributed by atoms with Gasteiger partial charge < -0.3 is 14.8 Å². The zero-order valence-electron chi connectivity index (χ0n) is 10.2. The fraction of sp³-hybridized carbons (Fsp3) is 1.00. The molecule has 0 aliphatic carbocycles. The SMILES string of the molecule is CNCC[C@@H](C[C@H](C)OC(C)C)OC. The first-order valence-electron chi connectivity index (χ1n) is 5.43. The summed E-state index contributed by atoms with van der Waals surface area (Å²) < 4.78 is 11.0. The Balaban J connectivity index is 3.68. The number of ether oxygens (including phenoxy) is 2. The predicted molar refractivity (Wildman–Crippen MR) is 59.6 cm³/mol. The third-order valence-corrected chi connectivity index (χ3v) is 2.15. The van der Waals surface area contributed by atoms with E-state index in [2.05, 4.69) is 26.1 Å². The van der Waals surface area contributed by atoms with E-state index in [0.29, 0.717) is 12.2 Å². The van der Waals surface area contributed by atoms with Crippen molar-refractivity contribution in [1.82, 2.24) is 5.32 Å². The minimum absolute atomic E-state index is 0.275. The van der Waals surface area contributed by atoms with E-state index in [4.69, 9.17) is 9.47 Å². The summed E-state index contributed by atoms with van der Waals surface area (Å²) in [5.74, 6) is 0. The van der Waals surface area contributed by atoms with Crippen molar-refractivity contribution in [2.45, 2.75) is 51.9 Å². The van der Waals surface area contributed by atoms with Gasteiger partial charge in [0.25, 0.3) is 0 Å². The molecule has 0 aromatic heterocycles. The fourth-order valence-electron chi connectivity index (χ4n) is 1.53. The lowest BCUT2D eigenvalue weighted by Gasteiger charge is -2.21. The standard InChI is InChI=1S/C11H25NO2/c1-9(2)14-10(3)8-11(13-5)6-7-12-4/h9-12H,6-8H2,1-5H3/t10-,11-/m0/s1. The lowest BCUT2D eigenvalue weighted by molar-refractivity contribution is -0.0216. The van der Waals surface area contributed by atoms with E-state index in [9.17, 15) is 0 Å². The first-order valence-corrected chi connectivity index (χ1v) is 5.43. The summed E-state index contributed by atoms with van der Waals surface area (Å²) in [4.78, 5) is 0. The van der Waals surface area contributed by atoms with Crippen molar-refractivity contribution in [3.05, 3.63) is 0 Å². The van der Waals surface area contributed by atoms with Crippen LogP contribution < -0.4 is 5.32 Å². The smallest absolute Gasteiger partial charge is 0.0608 e. The summed E-state index contributed by atoms with van der Waals surface area (Å²) in [7, 11) is 3.73. The normalized spacial score (nSPS) is 15.9. The number of hydrogen-bond donors (Lipinski definition) is 1. The maximum Gasteiger partial charge on any atom is 0.0608 e. The van der Waals surface area contributed by atoms with E-state index in [1.807, 2.05) is 7.05 Å². The van der Waals surface area contributed by atoms with E-state index in [1.165, 1.54) is 0 Å². The van der Waals surface area contributed by atoms with Gasteiger partial charge in [0.15, 0.2) is 0 Å². The number of methoxy groups -OCH3 is 1. The molecule has 0 saturated carbocycles. The predicted octanol–water partition coefficient (Wildman–Crippen LogP) is 1.81. The van der Waals surface area contributed by atoms with Gasteiger partial charge in [-0.1, -0.05) is 0 Å². The second-order valence-corrected chi connectivity index (χ2v) is 3.98. The maximum atomic E-state index is 5.66. The van der Waals surface area contributed by atoms with Crippen LogP contribution in [0.4, 0.5) is 0 Å². The van der Waals surface area contributed by atoms with Gasteiger partial charge in [0.2, 0.25) is 0 Å². The average molecular weight is 203 g/mol. The number of nitrogens with one attached hydrogen (secondary N) is 1.